The molecule has 2 aromatic rings. The summed E-state index contributed by atoms with van der Waals surface area (Å²) in [7, 11) is 0. The number of aromatic nitrogens is 2. The van der Waals surface area contributed by atoms with E-state index < -0.39 is 0 Å². The maximum atomic E-state index is 12.1. The van der Waals surface area contributed by atoms with Gasteiger partial charge in [0, 0.05) is 35.6 Å². The summed E-state index contributed by atoms with van der Waals surface area (Å²) in [5.41, 5.74) is 1.24. The van der Waals surface area contributed by atoms with Crippen molar-refractivity contribution in [1.82, 2.24) is 14.3 Å². The standard InChI is InChI=1S/C16H18BrN3O2S/c17-12-4-5-14-18-13(8-15(21)20(14)9-12)10-23-11-16(22)19-6-2-1-3-7-19/h4-5,8-9H,1-3,6-7,10-11H2. The van der Waals surface area contributed by atoms with Crippen molar-refractivity contribution in [3.63, 3.8) is 0 Å². The maximum absolute atomic E-state index is 12.1. The molecule has 1 amide bonds. The molecule has 1 saturated heterocycles. The molecule has 0 aliphatic carbocycles. The van der Waals surface area contributed by atoms with E-state index in [0.29, 0.717) is 22.8 Å². The fourth-order valence-electron chi connectivity index (χ4n) is 2.68. The quantitative estimate of drug-likeness (QED) is 0.798. The molecule has 3 heterocycles. The largest absolute Gasteiger partial charge is 0.342 e. The molecule has 0 N–H and O–H groups in total. The van der Waals surface area contributed by atoms with Gasteiger partial charge in [-0.1, -0.05) is 0 Å². The Hall–Kier alpha value is -1.34. The Kier molecular flexibility index (Phi) is 5.38. The third-order valence-electron chi connectivity index (χ3n) is 3.86. The Morgan fingerprint density at radius 1 is 1.26 bits per heavy atom. The number of hydrogen-bond acceptors (Lipinski definition) is 4. The summed E-state index contributed by atoms with van der Waals surface area (Å²) in [5, 5.41) is 0. The molecule has 0 unspecified atom stereocenters. The summed E-state index contributed by atoms with van der Waals surface area (Å²) in [6.07, 6.45) is 5.14. The van der Waals surface area contributed by atoms with Crippen LogP contribution in [0.5, 0.6) is 0 Å². The molecule has 1 fully saturated rings. The number of carbonyl (C=O) groups is 1. The Morgan fingerprint density at radius 2 is 2.04 bits per heavy atom. The molecule has 0 spiro atoms. The van der Waals surface area contributed by atoms with Crippen LogP contribution < -0.4 is 5.56 Å². The van der Waals surface area contributed by atoms with Gasteiger partial charge in [0.25, 0.3) is 5.56 Å². The molecule has 1 aliphatic heterocycles. The van der Waals surface area contributed by atoms with Gasteiger partial charge in [-0.15, -0.1) is 11.8 Å². The van der Waals surface area contributed by atoms with Crippen molar-refractivity contribution in [1.29, 1.82) is 0 Å². The molecule has 7 heteroatoms. The van der Waals surface area contributed by atoms with Gasteiger partial charge in [0.1, 0.15) is 5.65 Å². The summed E-state index contributed by atoms with van der Waals surface area (Å²) < 4.78 is 2.35. The zero-order chi connectivity index (χ0) is 16.2. The van der Waals surface area contributed by atoms with Crippen LogP contribution in [0.3, 0.4) is 0 Å². The number of rotatable bonds is 4. The molecule has 0 aromatic carbocycles. The van der Waals surface area contributed by atoms with Gasteiger partial charge in [-0.05, 0) is 47.3 Å². The first-order chi connectivity index (χ1) is 11.1. The van der Waals surface area contributed by atoms with Crippen molar-refractivity contribution in [2.45, 2.75) is 25.0 Å². The summed E-state index contributed by atoms with van der Waals surface area (Å²) in [6.45, 7) is 1.76. The van der Waals surface area contributed by atoms with E-state index in [9.17, 15) is 9.59 Å². The van der Waals surface area contributed by atoms with Gasteiger partial charge in [-0.3, -0.25) is 14.0 Å². The number of nitrogens with zero attached hydrogens (tertiary/aromatic N) is 3. The van der Waals surface area contributed by atoms with Crippen molar-refractivity contribution in [3.8, 4) is 0 Å². The first-order valence-corrected chi connectivity index (χ1v) is 9.61. The van der Waals surface area contributed by atoms with Gasteiger partial charge in [-0.2, -0.15) is 0 Å². The van der Waals surface area contributed by atoms with E-state index >= 15 is 0 Å². The Bertz CT molecular complexity index is 771. The molecule has 0 radical (unpaired) electrons. The second-order valence-corrected chi connectivity index (χ2v) is 7.50. The molecule has 3 rings (SSSR count). The van der Waals surface area contributed by atoms with E-state index in [1.807, 2.05) is 11.0 Å². The lowest BCUT2D eigenvalue weighted by molar-refractivity contribution is -0.129. The lowest BCUT2D eigenvalue weighted by atomic mass is 10.1. The number of pyridine rings is 1. The van der Waals surface area contributed by atoms with Crippen molar-refractivity contribution in [2.75, 3.05) is 18.8 Å². The van der Waals surface area contributed by atoms with Crippen LogP contribution in [-0.4, -0.2) is 39.0 Å². The van der Waals surface area contributed by atoms with Crippen molar-refractivity contribution in [2.24, 2.45) is 0 Å². The number of amides is 1. The number of thioether (sulfide) groups is 1. The summed E-state index contributed by atoms with van der Waals surface area (Å²) in [5.74, 6) is 1.21. The second-order valence-electron chi connectivity index (χ2n) is 5.60. The summed E-state index contributed by atoms with van der Waals surface area (Å²) in [4.78, 5) is 30.7. The van der Waals surface area contributed by atoms with Crippen LogP contribution in [0.4, 0.5) is 0 Å². The van der Waals surface area contributed by atoms with Crippen LogP contribution in [-0.2, 0) is 10.5 Å². The highest BCUT2D eigenvalue weighted by Gasteiger charge is 2.16. The van der Waals surface area contributed by atoms with Gasteiger partial charge in [0.15, 0.2) is 0 Å². The van der Waals surface area contributed by atoms with Gasteiger partial charge in [-0.25, -0.2) is 4.98 Å². The van der Waals surface area contributed by atoms with E-state index in [1.165, 1.54) is 28.6 Å². The number of piperidine rings is 1. The average molecular weight is 396 g/mol. The zero-order valence-electron chi connectivity index (χ0n) is 12.7. The van der Waals surface area contributed by atoms with E-state index in [1.54, 1.807) is 12.3 Å². The number of fused-ring (bicyclic) bond motifs is 1. The van der Waals surface area contributed by atoms with E-state index in [0.717, 1.165) is 30.4 Å². The van der Waals surface area contributed by atoms with Crippen LogP contribution in [0.15, 0.2) is 33.7 Å². The van der Waals surface area contributed by atoms with Crippen LogP contribution in [0, 0.1) is 0 Å². The molecular formula is C16H18BrN3O2S. The van der Waals surface area contributed by atoms with Crippen LogP contribution >= 0.6 is 27.7 Å². The molecule has 0 saturated carbocycles. The lowest BCUT2D eigenvalue weighted by Crippen LogP contribution is -2.36. The SMILES string of the molecule is O=C(CSCc1cc(=O)n2cc(Br)ccc2n1)N1CCCCC1. The molecular weight excluding hydrogens is 378 g/mol. The third-order valence-corrected chi connectivity index (χ3v) is 5.28. The predicted molar refractivity (Wildman–Crippen MR) is 95.8 cm³/mol. The monoisotopic (exact) mass is 395 g/mol. The zero-order valence-corrected chi connectivity index (χ0v) is 15.1. The van der Waals surface area contributed by atoms with E-state index in [4.69, 9.17) is 0 Å². The Balaban J connectivity index is 1.62. The van der Waals surface area contributed by atoms with Crippen molar-refractivity contribution in [3.05, 3.63) is 44.9 Å². The average Bonchev–Trinajstić information content (AvgIpc) is 2.56. The third kappa shape index (κ3) is 4.14. The van der Waals surface area contributed by atoms with Crippen LogP contribution in [0.2, 0.25) is 0 Å². The van der Waals surface area contributed by atoms with Crippen LogP contribution in [0.25, 0.3) is 5.65 Å². The maximum Gasteiger partial charge on any atom is 0.258 e. The number of carbonyl (C=O) groups excluding carboxylic acids is 1. The topological polar surface area (TPSA) is 54.7 Å². The molecule has 23 heavy (non-hydrogen) atoms. The normalized spacial score (nSPS) is 15.1. The van der Waals surface area contributed by atoms with Gasteiger partial charge in [0.2, 0.25) is 5.91 Å². The van der Waals surface area contributed by atoms with Crippen molar-refractivity contribution >= 4 is 39.2 Å². The first-order valence-electron chi connectivity index (χ1n) is 7.67. The minimum atomic E-state index is -0.103. The molecule has 1 aliphatic rings. The fraction of sp³-hybridized carbons (Fsp3) is 0.438. The minimum absolute atomic E-state index is 0.103. The van der Waals surface area contributed by atoms with Crippen LogP contribution in [0.1, 0.15) is 25.0 Å². The molecule has 5 nitrogen and oxygen atoms in total. The molecule has 122 valence electrons. The second kappa shape index (κ2) is 7.49. The van der Waals surface area contributed by atoms with E-state index in [2.05, 4.69) is 20.9 Å². The number of hydrogen-bond donors (Lipinski definition) is 0. The summed E-state index contributed by atoms with van der Waals surface area (Å²) in [6, 6.07) is 5.20. The summed E-state index contributed by atoms with van der Waals surface area (Å²) >= 11 is 4.86. The number of likely N-dealkylation sites (tertiary alicyclic amines) is 1. The highest BCUT2D eigenvalue weighted by Crippen LogP contribution is 2.15. The molecule has 0 atom stereocenters. The smallest absolute Gasteiger partial charge is 0.258 e. The van der Waals surface area contributed by atoms with Gasteiger partial charge >= 0.3 is 0 Å². The van der Waals surface area contributed by atoms with Crippen molar-refractivity contribution < 1.29 is 4.79 Å². The highest BCUT2D eigenvalue weighted by atomic mass is 79.9. The Labute approximate surface area is 147 Å². The lowest BCUT2D eigenvalue weighted by Gasteiger charge is -2.26. The molecule has 0 bridgehead atoms. The first kappa shape index (κ1) is 16.5. The van der Waals surface area contributed by atoms with Gasteiger partial charge < -0.3 is 4.90 Å². The number of halogens is 1. The predicted octanol–water partition coefficient (Wildman–Crippen LogP) is 2.70. The highest BCUT2D eigenvalue weighted by molar-refractivity contribution is 9.10. The van der Waals surface area contributed by atoms with Gasteiger partial charge in [0.05, 0.1) is 11.4 Å². The Morgan fingerprint density at radius 3 is 2.83 bits per heavy atom. The fourth-order valence-corrected chi connectivity index (χ4v) is 3.83. The minimum Gasteiger partial charge on any atom is -0.342 e. The van der Waals surface area contributed by atoms with E-state index in [-0.39, 0.29) is 11.5 Å². The molecule has 2 aromatic heterocycles.